The van der Waals surface area contributed by atoms with Crippen LogP contribution in [0, 0.1) is 5.92 Å². The Labute approximate surface area is 192 Å². The van der Waals surface area contributed by atoms with Crippen molar-refractivity contribution >= 4 is 34.4 Å². The fraction of sp³-hybridized carbons (Fsp3) is 0.571. The molecule has 0 saturated heterocycles. The molecule has 2 amide bonds. The highest BCUT2D eigenvalue weighted by Gasteiger charge is 2.30. The first-order valence-electron chi connectivity index (χ1n) is 10.2. The van der Waals surface area contributed by atoms with Gasteiger partial charge in [0.15, 0.2) is 0 Å². The maximum absolute atomic E-state index is 12.5. The fourth-order valence-electron chi connectivity index (χ4n) is 3.11. The van der Waals surface area contributed by atoms with Crippen LogP contribution in [0.1, 0.15) is 39.7 Å². The third-order valence-electron chi connectivity index (χ3n) is 4.83. The van der Waals surface area contributed by atoms with Gasteiger partial charge in [-0.05, 0) is 57.9 Å². The molecule has 0 aliphatic rings. The van der Waals surface area contributed by atoms with E-state index in [2.05, 4.69) is 39.9 Å². The van der Waals surface area contributed by atoms with Gasteiger partial charge in [-0.3, -0.25) is 0 Å². The minimum absolute atomic E-state index is 0.0951. The summed E-state index contributed by atoms with van der Waals surface area (Å²) in [5, 5.41) is 8.88. The van der Waals surface area contributed by atoms with Crippen molar-refractivity contribution in [2.75, 3.05) is 18.5 Å². The fourth-order valence-corrected chi connectivity index (χ4v) is 4.88. The molecule has 0 fully saturated rings. The normalized spacial score (nSPS) is 15.0. The SMILES string of the molecule is C=C(C[C@@H](NC)[C@H](C)C(CS)NC(=O)NCc1cccc(N)c1)S(=O)(=O)NC(C)(C)C. The molecule has 0 aliphatic carbocycles. The molecule has 176 valence electrons. The van der Waals surface area contributed by atoms with E-state index in [4.69, 9.17) is 5.73 Å². The van der Waals surface area contributed by atoms with Crippen LogP contribution < -0.4 is 26.4 Å². The van der Waals surface area contributed by atoms with E-state index in [1.165, 1.54) is 0 Å². The molecule has 0 bridgehead atoms. The molecule has 0 radical (unpaired) electrons. The van der Waals surface area contributed by atoms with E-state index in [0.717, 1.165) is 5.56 Å². The standard InChI is InChI=1S/C21H37N5O3S2/c1-14(31(28,29)26-21(3,4)5)10-18(23-6)15(2)19(13-30)25-20(27)24-12-16-8-7-9-17(22)11-16/h7-9,11,15,18-19,23,26,30H,1,10,12-13,22H2,2-6H3,(H2,24,25,27)/t15-,18+,19?/m0/s1. The molecule has 10 heteroatoms. The summed E-state index contributed by atoms with van der Waals surface area (Å²) in [6, 6.07) is 6.45. The summed E-state index contributed by atoms with van der Waals surface area (Å²) < 4.78 is 27.7. The van der Waals surface area contributed by atoms with Crippen LogP contribution >= 0.6 is 12.6 Å². The van der Waals surface area contributed by atoms with Crippen molar-refractivity contribution in [1.82, 2.24) is 20.7 Å². The number of rotatable bonds is 11. The summed E-state index contributed by atoms with van der Waals surface area (Å²) in [5.41, 5.74) is 6.69. The monoisotopic (exact) mass is 471 g/mol. The quantitative estimate of drug-likeness (QED) is 0.218. The molecule has 3 atom stereocenters. The first-order chi connectivity index (χ1) is 14.3. The van der Waals surface area contributed by atoms with Gasteiger partial charge in [0.05, 0.1) is 4.91 Å². The molecule has 1 aromatic carbocycles. The van der Waals surface area contributed by atoms with Gasteiger partial charge in [-0.15, -0.1) is 0 Å². The average molecular weight is 472 g/mol. The minimum atomic E-state index is -3.67. The van der Waals surface area contributed by atoms with Gasteiger partial charge < -0.3 is 21.7 Å². The van der Waals surface area contributed by atoms with Crippen LogP contribution in [0.25, 0.3) is 0 Å². The Morgan fingerprint density at radius 3 is 2.42 bits per heavy atom. The lowest BCUT2D eigenvalue weighted by molar-refractivity contribution is 0.229. The second-order valence-electron chi connectivity index (χ2n) is 8.71. The van der Waals surface area contributed by atoms with Crippen LogP contribution in [0.4, 0.5) is 10.5 Å². The molecule has 6 N–H and O–H groups in total. The van der Waals surface area contributed by atoms with Gasteiger partial charge in [0, 0.05) is 35.6 Å². The molecule has 0 saturated carbocycles. The number of nitrogens with one attached hydrogen (secondary N) is 4. The topological polar surface area (TPSA) is 125 Å². The van der Waals surface area contributed by atoms with E-state index < -0.39 is 15.6 Å². The number of carbonyl (C=O) groups is 1. The van der Waals surface area contributed by atoms with Gasteiger partial charge in [-0.2, -0.15) is 12.6 Å². The second kappa shape index (κ2) is 11.8. The van der Waals surface area contributed by atoms with Crippen LogP contribution in [0.3, 0.4) is 0 Å². The van der Waals surface area contributed by atoms with Crippen molar-refractivity contribution in [2.24, 2.45) is 5.92 Å². The second-order valence-corrected chi connectivity index (χ2v) is 10.9. The van der Waals surface area contributed by atoms with Gasteiger partial charge in [0.2, 0.25) is 10.0 Å². The molecule has 1 unspecified atom stereocenters. The summed E-state index contributed by atoms with van der Waals surface area (Å²) >= 11 is 4.38. The number of anilines is 1. The number of amides is 2. The summed E-state index contributed by atoms with van der Waals surface area (Å²) in [6.07, 6.45) is 0.208. The molecule has 1 rings (SSSR count). The smallest absolute Gasteiger partial charge is 0.315 e. The lowest BCUT2D eigenvalue weighted by Gasteiger charge is -2.31. The molecule has 0 spiro atoms. The van der Waals surface area contributed by atoms with Gasteiger partial charge in [-0.25, -0.2) is 17.9 Å². The molecule has 0 heterocycles. The van der Waals surface area contributed by atoms with Crippen LogP contribution in [-0.2, 0) is 16.6 Å². The largest absolute Gasteiger partial charge is 0.399 e. The Bertz CT molecular complexity index is 853. The van der Waals surface area contributed by atoms with Crippen molar-refractivity contribution in [3.8, 4) is 0 Å². The van der Waals surface area contributed by atoms with Gasteiger partial charge in [0.1, 0.15) is 0 Å². The number of benzene rings is 1. The number of nitrogens with two attached hydrogens (primary N) is 1. The number of sulfonamides is 1. The first-order valence-corrected chi connectivity index (χ1v) is 12.3. The Kier molecular flexibility index (Phi) is 10.3. The highest BCUT2D eigenvalue weighted by molar-refractivity contribution is 7.93. The van der Waals surface area contributed by atoms with E-state index in [0.29, 0.717) is 18.0 Å². The van der Waals surface area contributed by atoms with E-state index >= 15 is 0 Å². The molecule has 31 heavy (non-hydrogen) atoms. The number of urea groups is 1. The summed E-state index contributed by atoms with van der Waals surface area (Å²) in [4.78, 5) is 12.5. The van der Waals surface area contributed by atoms with Crippen molar-refractivity contribution in [3.05, 3.63) is 41.3 Å². The van der Waals surface area contributed by atoms with E-state index in [-0.39, 0.29) is 35.4 Å². The van der Waals surface area contributed by atoms with Crippen molar-refractivity contribution < 1.29 is 13.2 Å². The molecular weight excluding hydrogens is 434 g/mol. The number of hydrogen-bond acceptors (Lipinski definition) is 6. The minimum Gasteiger partial charge on any atom is -0.399 e. The average Bonchev–Trinajstić information content (AvgIpc) is 2.66. The summed E-state index contributed by atoms with van der Waals surface area (Å²) in [7, 11) is -1.91. The van der Waals surface area contributed by atoms with Gasteiger partial charge in [-0.1, -0.05) is 25.6 Å². The van der Waals surface area contributed by atoms with Crippen molar-refractivity contribution in [3.63, 3.8) is 0 Å². The van der Waals surface area contributed by atoms with E-state index in [1.807, 2.05) is 19.1 Å². The van der Waals surface area contributed by atoms with Crippen molar-refractivity contribution in [1.29, 1.82) is 0 Å². The summed E-state index contributed by atoms with van der Waals surface area (Å²) in [5.74, 6) is 0.284. The van der Waals surface area contributed by atoms with Crippen LogP contribution in [0.15, 0.2) is 35.7 Å². The molecule has 8 nitrogen and oxygen atoms in total. The zero-order valence-corrected chi connectivity index (χ0v) is 20.7. The lowest BCUT2D eigenvalue weighted by atomic mass is 9.92. The Morgan fingerprint density at radius 2 is 1.90 bits per heavy atom. The van der Waals surface area contributed by atoms with Crippen molar-refractivity contribution in [2.45, 2.75) is 58.3 Å². The highest BCUT2D eigenvalue weighted by Crippen LogP contribution is 2.20. The Hall–Kier alpha value is -1.75. The molecular formula is C21H37N5O3S2. The van der Waals surface area contributed by atoms with E-state index in [9.17, 15) is 13.2 Å². The number of thiol groups is 1. The predicted octanol–water partition coefficient (Wildman–Crippen LogP) is 2.21. The summed E-state index contributed by atoms with van der Waals surface area (Å²) in [6.45, 7) is 11.4. The zero-order valence-electron chi connectivity index (χ0n) is 19.0. The van der Waals surface area contributed by atoms with Crippen LogP contribution in [0.2, 0.25) is 0 Å². The third kappa shape index (κ3) is 9.51. The Balaban J connectivity index is 2.73. The zero-order chi connectivity index (χ0) is 23.8. The van der Waals surface area contributed by atoms with Crippen LogP contribution in [0.5, 0.6) is 0 Å². The number of carbonyl (C=O) groups excluding carboxylic acids is 1. The number of nitrogen functional groups attached to an aromatic ring is 1. The molecule has 1 aromatic rings. The molecule has 0 aromatic heterocycles. The maximum Gasteiger partial charge on any atom is 0.315 e. The van der Waals surface area contributed by atoms with E-state index in [1.54, 1.807) is 40.0 Å². The van der Waals surface area contributed by atoms with Gasteiger partial charge >= 0.3 is 6.03 Å². The number of hydrogen-bond donors (Lipinski definition) is 6. The lowest BCUT2D eigenvalue weighted by Crippen LogP contribution is -2.51. The Morgan fingerprint density at radius 1 is 1.26 bits per heavy atom. The predicted molar refractivity (Wildman–Crippen MR) is 131 cm³/mol. The van der Waals surface area contributed by atoms with Gasteiger partial charge in [0.25, 0.3) is 0 Å². The highest BCUT2D eigenvalue weighted by atomic mass is 32.2. The first kappa shape index (κ1) is 27.3. The molecule has 0 aliphatic heterocycles. The van der Waals surface area contributed by atoms with Crippen LogP contribution in [-0.4, -0.2) is 44.9 Å². The third-order valence-corrected chi connectivity index (χ3v) is 7.03. The maximum atomic E-state index is 12.5.